The predicted octanol–water partition coefficient (Wildman–Crippen LogP) is 3.16. The molecule has 0 spiro atoms. The topological polar surface area (TPSA) is 35.2 Å². The average molecular weight is 213 g/mol. The van der Waals surface area contributed by atoms with E-state index in [9.17, 15) is 0 Å². The maximum absolute atomic E-state index is 5.72. The summed E-state index contributed by atoms with van der Waals surface area (Å²) < 4.78 is 5.72. The Morgan fingerprint density at radius 1 is 1.06 bits per heavy atom. The summed E-state index contributed by atoms with van der Waals surface area (Å²) in [6.45, 7) is 2.59. The van der Waals surface area contributed by atoms with Crippen LogP contribution >= 0.6 is 0 Å². The quantitative estimate of drug-likeness (QED) is 0.795. The van der Waals surface area contributed by atoms with Gasteiger partial charge in [0.25, 0.3) is 0 Å². The molecule has 2 aromatic rings. The SMILES string of the molecule is Cc1ccc(N)cc1OCc1ccccc1. The van der Waals surface area contributed by atoms with Crippen LogP contribution in [0.2, 0.25) is 0 Å². The second-order valence-electron chi connectivity index (χ2n) is 3.80. The summed E-state index contributed by atoms with van der Waals surface area (Å²) >= 11 is 0. The van der Waals surface area contributed by atoms with E-state index in [1.165, 1.54) is 0 Å². The molecule has 2 rings (SSSR count). The van der Waals surface area contributed by atoms with Gasteiger partial charge in [0.1, 0.15) is 12.4 Å². The van der Waals surface area contributed by atoms with Crippen molar-refractivity contribution in [2.24, 2.45) is 0 Å². The maximum atomic E-state index is 5.72. The van der Waals surface area contributed by atoms with Crippen LogP contribution in [0.15, 0.2) is 48.5 Å². The molecule has 0 fully saturated rings. The molecular weight excluding hydrogens is 198 g/mol. The smallest absolute Gasteiger partial charge is 0.124 e. The van der Waals surface area contributed by atoms with E-state index < -0.39 is 0 Å². The van der Waals surface area contributed by atoms with Crippen molar-refractivity contribution < 1.29 is 4.74 Å². The number of aryl methyl sites for hydroxylation is 1. The van der Waals surface area contributed by atoms with Crippen LogP contribution in [0.1, 0.15) is 11.1 Å². The first kappa shape index (κ1) is 10.6. The molecule has 16 heavy (non-hydrogen) atoms. The van der Waals surface area contributed by atoms with E-state index in [4.69, 9.17) is 10.5 Å². The van der Waals surface area contributed by atoms with Gasteiger partial charge in [0, 0.05) is 11.8 Å². The van der Waals surface area contributed by atoms with E-state index >= 15 is 0 Å². The van der Waals surface area contributed by atoms with E-state index in [2.05, 4.69) is 0 Å². The van der Waals surface area contributed by atoms with Gasteiger partial charge in [0.15, 0.2) is 0 Å². The Labute approximate surface area is 95.7 Å². The number of ether oxygens (including phenoxy) is 1. The van der Waals surface area contributed by atoms with Crippen molar-refractivity contribution in [1.29, 1.82) is 0 Å². The monoisotopic (exact) mass is 213 g/mol. The average Bonchev–Trinajstić information content (AvgIpc) is 2.32. The summed E-state index contributed by atoms with van der Waals surface area (Å²) in [6.07, 6.45) is 0. The van der Waals surface area contributed by atoms with E-state index in [1.807, 2.05) is 55.5 Å². The fourth-order valence-corrected chi connectivity index (χ4v) is 1.51. The van der Waals surface area contributed by atoms with Gasteiger partial charge in [-0.3, -0.25) is 0 Å². The third-order valence-corrected chi connectivity index (χ3v) is 2.45. The molecule has 2 heteroatoms. The molecule has 82 valence electrons. The molecule has 0 aliphatic carbocycles. The predicted molar refractivity (Wildman–Crippen MR) is 66.4 cm³/mol. The number of rotatable bonds is 3. The minimum absolute atomic E-state index is 0.575. The standard InChI is InChI=1S/C14H15NO/c1-11-7-8-13(15)9-14(11)16-10-12-5-3-2-4-6-12/h2-9H,10,15H2,1H3. The molecule has 0 bridgehead atoms. The van der Waals surface area contributed by atoms with Gasteiger partial charge >= 0.3 is 0 Å². The summed E-state index contributed by atoms with van der Waals surface area (Å²) in [7, 11) is 0. The van der Waals surface area contributed by atoms with Gasteiger partial charge in [-0.25, -0.2) is 0 Å². The first-order valence-electron chi connectivity index (χ1n) is 5.28. The van der Waals surface area contributed by atoms with Crippen molar-refractivity contribution in [3.8, 4) is 5.75 Å². The van der Waals surface area contributed by atoms with E-state index in [0.717, 1.165) is 22.6 Å². The Hall–Kier alpha value is -1.96. The fraction of sp³-hybridized carbons (Fsp3) is 0.143. The van der Waals surface area contributed by atoms with E-state index in [1.54, 1.807) is 0 Å². The molecule has 0 saturated heterocycles. The highest BCUT2D eigenvalue weighted by atomic mass is 16.5. The second-order valence-corrected chi connectivity index (χ2v) is 3.80. The molecule has 0 aromatic heterocycles. The lowest BCUT2D eigenvalue weighted by Crippen LogP contribution is -1.97. The number of benzene rings is 2. The zero-order valence-corrected chi connectivity index (χ0v) is 9.31. The molecule has 2 aromatic carbocycles. The number of anilines is 1. The zero-order valence-electron chi connectivity index (χ0n) is 9.31. The van der Waals surface area contributed by atoms with Crippen LogP contribution in [-0.4, -0.2) is 0 Å². The van der Waals surface area contributed by atoms with Crippen LogP contribution in [0.5, 0.6) is 5.75 Å². The second kappa shape index (κ2) is 4.71. The largest absolute Gasteiger partial charge is 0.489 e. The molecule has 0 heterocycles. The normalized spacial score (nSPS) is 10.1. The molecule has 0 saturated carbocycles. The Morgan fingerprint density at radius 2 is 1.81 bits per heavy atom. The summed E-state index contributed by atoms with van der Waals surface area (Å²) in [5.41, 5.74) is 8.71. The highest BCUT2D eigenvalue weighted by Gasteiger charge is 2.00. The lowest BCUT2D eigenvalue weighted by atomic mass is 10.2. The molecule has 0 radical (unpaired) electrons. The minimum Gasteiger partial charge on any atom is -0.489 e. The van der Waals surface area contributed by atoms with Gasteiger partial charge in [-0.15, -0.1) is 0 Å². The summed E-state index contributed by atoms with van der Waals surface area (Å²) in [4.78, 5) is 0. The highest BCUT2D eigenvalue weighted by Crippen LogP contribution is 2.21. The van der Waals surface area contributed by atoms with Gasteiger partial charge in [0.2, 0.25) is 0 Å². The Kier molecular flexibility index (Phi) is 3.10. The molecule has 0 aliphatic rings. The van der Waals surface area contributed by atoms with E-state index in [-0.39, 0.29) is 0 Å². The molecule has 0 unspecified atom stereocenters. The van der Waals surface area contributed by atoms with Crippen LogP contribution < -0.4 is 10.5 Å². The van der Waals surface area contributed by atoms with Crippen molar-refractivity contribution in [3.05, 3.63) is 59.7 Å². The van der Waals surface area contributed by atoms with Crippen LogP contribution in [-0.2, 0) is 6.61 Å². The minimum atomic E-state index is 0.575. The molecule has 0 amide bonds. The first-order chi connectivity index (χ1) is 7.75. The van der Waals surface area contributed by atoms with Crippen molar-refractivity contribution in [2.75, 3.05) is 5.73 Å². The maximum Gasteiger partial charge on any atom is 0.124 e. The van der Waals surface area contributed by atoms with Gasteiger partial charge < -0.3 is 10.5 Å². The number of nitrogen functional groups attached to an aromatic ring is 1. The fourth-order valence-electron chi connectivity index (χ4n) is 1.51. The third-order valence-electron chi connectivity index (χ3n) is 2.45. The number of nitrogens with two attached hydrogens (primary N) is 1. The summed E-state index contributed by atoms with van der Waals surface area (Å²) in [5.74, 6) is 0.851. The highest BCUT2D eigenvalue weighted by molar-refractivity contribution is 5.48. The third kappa shape index (κ3) is 2.54. The van der Waals surface area contributed by atoms with Crippen molar-refractivity contribution >= 4 is 5.69 Å². The van der Waals surface area contributed by atoms with Gasteiger partial charge in [-0.1, -0.05) is 36.4 Å². The molecule has 2 nitrogen and oxygen atoms in total. The molecule has 2 N–H and O–H groups in total. The summed E-state index contributed by atoms with van der Waals surface area (Å²) in [5, 5.41) is 0. The number of hydrogen-bond acceptors (Lipinski definition) is 2. The van der Waals surface area contributed by atoms with Gasteiger partial charge in [-0.2, -0.15) is 0 Å². The molecular formula is C14H15NO. The Morgan fingerprint density at radius 3 is 2.56 bits per heavy atom. The summed E-state index contributed by atoms with van der Waals surface area (Å²) in [6, 6.07) is 15.8. The van der Waals surface area contributed by atoms with Crippen LogP contribution in [0.25, 0.3) is 0 Å². The molecule has 0 atom stereocenters. The van der Waals surface area contributed by atoms with E-state index in [0.29, 0.717) is 6.61 Å². The zero-order chi connectivity index (χ0) is 11.4. The molecule has 0 aliphatic heterocycles. The van der Waals surface area contributed by atoms with Crippen molar-refractivity contribution in [2.45, 2.75) is 13.5 Å². The van der Waals surface area contributed by atoms with Crippen molar-refractivity contribution in [3.63, 3.8) is 0 Å². The van der Waals surface area contributed by atoms with Crippen LogP contribution in [0.3, 0.4) is 0 Å². The van der Waals surface area contributed by atoms with Crippen LogP contribution in [0, 0.1) is 6.92 Å². The lowest BCUT2D eigenvalue weighted by molar-refractivity contribution is 0.304. The lowest BCUT2D eigenvalue weighted by Gasteiger charge is -2.09. The Balaban J connectivity index is 2.08. The van der Waals surface area contributed by atoms with Crippen molar-refractivity contribution in [1.82, 2.24) is 0 Å². The van der Waals surface area contributed by atoms with Gasteiger partial charge in [0.05, 0.1) is 0 Å². The number of hydrogen-bond donors (Lipinski definition) is 1. The van der Waals surface area contributed by atoms with Crippen LogP contribution in [0.4, 0.5) is 5.69 Å². The first-order valence-corrected chi connectivity index (χ1v) is 5.28. The van der Waals surface area contributed by atoms with Gasteiger partial charge in [-0.05, 0) is 24.1 Å². The Bertz CT molecular complexity index is 465.